The first-order chi connectivity index (χ1) is 11.4. The minimum absolute atomic E-state index is 0.0573. The van der Waals surface area contributed by atoms with Gasteiger partial charge >= 0.3 is 0 Å². The first kappa shape index (κ1) is 16.7. The van der Waals surface area contributed by atoms with Crippen LogP contribution in [0.4, 0.5) is 5.13 Å². The Morgan fingerprint density at radius 3 is 2.71 bits per heavy atom. The molecule has 1 amide bonds. The Labute approximate surface area is 149 Å². The number of hydrogen-bond acceptors (Lipinski definition) is 4. The zero-order valence-electron chi connectivity index (χ0n) is 13.6. The van der Waals surface area contributed by atoms with E-state index in [1.165, 1.54) is 16.9 Å². The molecule has 0 fully saturated rings. The number of carbonyl (C=O) groups excluding carboxylic acids is 1. The van der Waals surface area contributed by atoms with Crippen molar-refractivity contribution in [1.29, 1.82) is 0 Å². The summed E-state index contributed by atoms with van der Waals surface area (Å²) in [6.07, 6.45) is 0. The van der Waals surface area contributed by atoms with Gasteiger partial charge in [0.2, 0.25) is 0 Å². The number of aryl methyl sites for hydroxylation is 3. The zero-order chi connectivity index (χ0) is 17.3. The van der Waals surface area contributed by atoms with Crippen molar-refractivity contribution in [1.82, 2.24) is 4.98 Å². The largest absolute Gasteiger partial charge is 0.484 e. The summed E-state index contributed by atoms with van der Waals surface area (Å²) in [5, 5.41) is 3.98. The zero-order valence-corrected chi connectivity index (χ0v) is 15.2. The van der Waals surface area contributed by atoms with E-state index in [1.54, 1.807) is 0 Å². The van der Waals surface area contributed by atoms with Crippen molar-refractivity contribution in [3.8, 4) is 5.75 Å². The summed E-state index contributed by atoms with van der Waals surface area (Å²) in [6, 6.07) is 9.53. The van der Waals surface area contributed by atoms with Crippen molar-refractivity contribution >= 4 is 44.2 Å². The van der Waals surface area contributed by atoms with Crippen LogP contribution in [-0.4, -0.2) is 17.5 Å². The fourth-order valence-electron chi connectivity index (χ4n) is 2.21. The van der Waals surface area contributed by atoms with Gasteiger partial charge in [-0.15, -0.1) is 0 Å². The first-order valence-electron chi connectivity index (χ1n) is 7.49. The van der Waals surface area contributed by atoms with Gasteiger partial charge in [-0.25, -0.2) is 4.98 Å². The van der Waals surface area contributed by atoms with Gasteiger partial charge in [-0.2, -0.15) is 0 Å². The Morgan fingerprint density at radius 2 is 1.96 bits per heavy atom. The van der Waals surface area contributed by atoms with E-state index in [2.05, 4.69) is 10.3 Å². The molecule has 3 aromatic rings. The number of thiazole rings is 1. The van der Waals surface area contributed by atoms with Crippen molar-refractivity contribution in [2.45, 2.75) is 20.8 Å². The van der Waals surface area contributed by atoms with E-state index >= 15 is 0 Å². The molecule has 0 radical (unpaired) electrons. The highest BCUT2D eigenvalue weighted by Gasteiger charge is 2.10. The van der Waals surface area contributed by atoms with Crippen LogP contribution in [0.1, 0.15) is 16.7 Å². The summed E-state index contributed by atoms with van der Waals surface area (Å²) < 4.78 is 6.52. The van der Waals surface area contributed by atoms with E-state index in [0.29, 0.717) is 15.9 Å². The number of fused-ring (bicyclic) bond motifs is 1. The topological polar surface area (TPSA) is 51.2 Å². The molecule has 0 bridgehead atoms. The van der Waals surface area contributed by atoms with Crippen molar-refractivity contribution in [2.24, 2.45) is 0 Å². The van der Waals surface area contributed by atoms with Crippen molar-refractivity contribution < 1.29 is 9.53 Å². The summed E-state index contributed by atoms with van der Waals surface area (Å²) in [5.74, 6) is 0.440. The molecule has 124 valence electrons. The number of benzene rings is 2. The number of carbonyl (C=O) groups is 1. The van der Waals surface area contributed by atoms with E-state index < -0.39 is 0 Å². The molecule has 2 aromatic carbocycles. The second kappa shape index (κ2) is 6.79. The van der Waals surface area contributed by atoms with Gasteiger partial charge < -0.3 is 4.74 Å². The fraction of sp³-hybridized carbons (Fsp3) is 0.222. The van der Waals surface area contributed by atoms with Crippen LogP contribution >= 0.6 is 22.9 Å². The third-order valence-electron chi connectivity index (χ3n) is 3.76. The fourth-order valence-corrected chi connectivity index (χ4v) is 3.33. The quantitative estimate of drug-likeness (QED) is 0.720. The summed E-state index contributed by atoms with van der Waals surface area (Å²) in [5.41, 5.74) is 4.09. The average Bonchev–Trinajstić information content (AvgIpc) is 2.90. The smallest absolute Gasteiger partial charge is 0.264 e. The van der Waals surface area contributed by atoms with Crippen molar-refractivity contribution in [2.75, 3.05) is 11.9 Å². The molecule has 1 aromatic heterocycles. The Hall–Kier alpha value is -2.11. The summed E-state index contributed by atoms with van der Waals surface area (Å²) >= 11 is 7.52. The molecular formula is C18H17ClN2O2S. The molecule has 0 spiro atoms. The molecule has 0 aliphatic rings. The molecule has 0 saturated heterocycles. The number of ether oxygens (including phenoxy) is 1. The summed E-state index contributed by atoms with van der Waals surface area (Å²) in [4.78, 5) is 16.4. The van der Waals surface area contributed by atoms with Crippen LogP contribution in [0.3, 0.4) is 0 Å². The van der Waals surface area contributed by atoms with Crippen LogP contribution in [0.15, 0.2) is 30.3 Å². The average molecular weight is 361 g/mol. The predicted molar refractivity (Wildman–Crippen MR) is 99.4 cm³/mol. The summed E-state index contributed by atoms with van der Waals surface area (Å²) in [7, 11) is 0. The second-order valence-electron chi connectivity index (χ2n) is 5.67. The minimum Gasteiger partial charge on any atom is -0.484 e. The third kappa shape index (κ3) is 3.68. The number of aromatic nitrogens is 1. The standard InChI is InChI=1S/C18H17ClN2O2S/c1-10-4-5-13(6-11(10)2)23-9-17(22)21-18-20-15-8-14(19)12(3)7-16(15)24-18/h4-8H,9H2,1-3H3,(H,20,21,22). The SMILES string of the molecule is Cc1ccc(OCC(=O)Nc2nc3cc(Cl)c(C)cc3s2)cc1C. The molecule has 1 N–H and O–H groups in total. The molecule has 0 atom stereocenters. The molecule has 3 rings (SSSR count). The predicted octanol–water partition coefficient (Wildman–Crippen LogP) is 4.89. The minimum atomic E-state index is -0.241. The van der Waals surface area contributed by atoms with Gasteiger partial charge in [0.05, 0.1) is 10.2 Å². The van der Waals surface area contributed by atoms with Gasteiger partial charge in [0.25, 0.3) is 5.91 Å². The van der Waals surface area contributed by atoms with E-state index in [4.69, 9.17) is 16.3 Å². The van der Waals surface area contributed by atoms with Crippen LogP contribution in [-0.2, 0) is 4.79 Å². The molecule has 24 heavy (non-hydrogen) atoms. The number of rotatable bonds is 4. The van der Waals surface area contributed by atoms with Gasteiger partial charge in [-0.3, -0.25) is 10.1 Å². The molecule has 6 heteroatoms. The van der Waals surface area contributed by atoms with Gasteiger partial charge in [0.15, 0.2) is 11.7 Å². The van der Waals surface area contributed by atoms with Crippen LogP contribution in [0.5, 0.6) is 5.75 Å². The van der Waals surface area contributed by atoms with Crippen LogP contribution in [0, 0.1) is 20.8 Å². The number of amides is 1. The van der Waals surface area contributed by atoms with Gasteiger partial charge in [-0.1, -0.05) is 29.0 Å². The molecule has 0 unspecified atom stereocenters. The molecule has 4 nitrogen and oxygen atoms in total. The Bertz CT molecular complexity index is 882. The van der Waals surface area contributed by atoms with E-state index in [9.17, 15) is 4.79 Å². The maximum absolute atomic E-state index is 12.1. The van der Waals surface area contributed by atoms with Gasteiger partial charge in [0.1, 0.15) is 5.75 Å². The lowest BCUT2D eigenvalue weighted by atomic mass is 10.1. The number of nitrogens with zero attached hydrogens (tertiary/aromatic N) is 1. The number of anilines is 1. The highest BCUT2D eigenvalue weighted by atomic mass is 35.5. The maximum Gasteiger partial charge on any atom is 0.264 e. The number of halogens is 1. The van der Waals surface area contributed by atoms with Crippen LogP contribution in [0.2, 0.25) is 5.02 Å². The van der Waals surface area contributed by atoms with Crippen molar-refractivity contribution in [3.05, 3.63) is 52.0 Å². The lowest BCUT2D eigenvalue weighted by molar-refractivity contribution is -0.118. The lowest BCUT2D eigenvalue weighted by Crippen LogP contribution is -2.20. The highest BCUT2D eigenvalue weighted by Crippen LogP contribution is 2.30. The monoisotopic (exact) mass is 360 g/mol. The van der Waals surface area contributed by atoms with Crippen LogP contribution < -0.4 is 10.1 Å². The van der Waals surface area contributed by atoms with Gasteiger partial charge in [-0.05, 0) is 61.7 Å². The Balaban J connectivity index is 1.65. The Morgan fingerprint density at radius 1 is 1.17 bits per heavy atom. The number of nitrogens with one attached hydrogen (secondary N) is 1. The molecular weight excluding hydrogens is 344 g/mol. The van der Waals surface area contributed by atoms with E-state index in [1.807, 2.05) is 51.1 Å². The lowest BCUT2D eigenvalue weighted by Gasteiger charge is -2.07. The molecule has 0 aliphatic heterocycles. The normalized spacial score (nSPS) is 10.8. The van der Waals surface area contributed by atoms with Gasteiger partial charge in [0, 0.05) is 5.02 Å². The molecule has 0 saturated carbocycles. The van der Waals surface area contributed by atoms with E-state index in [0.717, 1.165) is 21.3 Å². The first-order valence-corrected chi connectivity index (χ1v) is 8.68. The second-order valence-corrected chi connectivity index (χ2v) is 7.11. The molecule has 1 heterocycles. The highest BCUT2D eigenvalue weighted by molar-refractivity contribution is 7.22. The molecule has 0 aliphatic carbocycles. The van der Waals surface area contributed by atoms with Crippen LogP contribution in [0.25, 0.3) is 10.2 Å². The van der Waals surface area contributed by atoms with E-state index in [-0.39, 0.29) is 12.5 Å². The summed E-state index contributed by atoms with van der Waals surface area (Å²) in [6.45, 7) is 5.93. The van der Waals surface area contributed by atoms with Crippen molar-refractivity contribution in [3.63, 3.8) is 0 Å². The third-order valence-corrected chi connectivity index (χ3v) is 5.10. The number of hydrogen-bond donors (Lipinski definition) is 1. The Kier molecular flexibility index (Phi) is 4.73. The maximum atomic E-state index is 12.1.